The maximum Gasteiger partial charge on any atom is 0.269 e. The number of rotatable bonds is 2. The first-order valence-electron chi connectivity index (χ1n) is 3.73. The van der Waals surface area contributed by atoms with E-state index in [9.17, 15) is 14.5 Å². The molecule has 5 heteroatoms. The Bertz CT molecular complexity index is 300. The van der Waals surface area contributed by atoms with Crippen LogP contribution in [0, 0.1) is 15.9 Å². The molecular weight excluding hydrogens is 205 g/mol. The lowest BCUT2D eigenvalue weighted by molar-refractivity contribution is -0.384. The highest BCUT2D eigenvalue weighted by Crippen LogP contribution is 2.09. The van der Waals surface area contributed by atoms with Crippen molar-refractivity contribution in [2.24, 2.45) is 0 Å². The summed E-state index contributed by atoms with van der Waals surface area (Å²) < 4.78 is 12.1. The minimum absolute atomic E-state index is 0.0959. The molecule has 0 spiro atoms. The summed E-state index contributed by atoms with van der Waals surface area (Å²) in [6.07, 6.45) is 1.74. The number of non-ortho nitro benzene ring substituents is 1. The van der Waals surface area contributed by atoms with E-state index in [4.69, 9.17) is 0 Å². The molecule has 3 nitrogen and oxygen atoms in total. The van der Waals surface area contributed by atoms with Crippen LogP contribution in [0.3, 0.4) is 0 Å². The average molecular weight is 215 g/mol. The van der Waals surface area contributed by atoms with Crippen LogP contribution in [0.15, 0.2) is 36.9 Å². The van der Waals surface area contributed by atoms with Crippen molar-refractivity contribution in [3.63, 3.8) is 0 Å². The Morgan fingerprint density at radius 1 is 1.50 bits per heavy atom. The Hall–Kier alpha value is -1.36. The average Bonchev–Trinajstić information content (AvgIpc) is 2.19. The van der Waals surface area contributed by atoms with Gasteiger partial charge in [0, 0.05) is 17.9 Å². The number of nitro groups is 1. The summed E-state index contributed by atoms with van der Waals surface area (Å²) in [6, 6.07) is 4.35. The fourth-order valence-electron chi connectivity index (χ4n) is 0.563. The number of hydrogen-bond acceptors (Lipinski definition) is 3. The number of nitro benzene ring substituents is 1. The topological polar surface area (TPSA) is 43.1 Å². The molecule has 0 aliphatic carbocycles. The van der Waals surface area contributed by atoms with Gasteiger partial charge in [0.2, 0.25) is 0 Å². The highest BCUT2D eigenvalue weighted by Gasteiger charge is 2.01. The number of hydrogen-bond donors (Lipinski definition) is 1. The van der Waals surface area contributed by atoms with E-state index in [1.165, 1.54) is 0 Å². The summed E-state index contributed by atoms with van der Waals surface area (Å²) in [5, 5.41) is 10.00. The fraction of sp³-hybridized carbons (Fsp3) is 0.111. The summed E-state index contributed by atoms with van der Waals surface area (Å²) in [5.74, 6) is 0.311. The monoisotopic (exact) mass is 215 g/mol. The van der Waals surface area contributed by atoms with Crippen LogP contribution in [-0.2, 0) is 0 Å². The Morgan fingerprint density at radius 3 is 2.21 bits per heavy atom. The van der Waals surface area contributed by atoms with E-state index in [-0.39, 0.29) is 5.69 Å². The highest BCUT2D eigenvalue weighted by molar-refractivity contribution is 7.80. The Morgan fingerprint density at radius 2 is 1.93 bits per heavy atom. The molecule has 0 unspecified atom stereocenters. The minimum atomic E-state index is -0.570. The smallest absolute Gasteiger partial charge is 0.258 e. The molecule has 14 heavy (non-hydrogen) atoms. The van der Waals surface area contributed by atoms with Gasteiger partial charge in [-0.3, -0.25) is 10.1 Å². The first-order chi connectivity index (χ1) is 6.61. The van der Waals surface area contributed by atoms with E-state index in [0.717, 1.165) is 30.0 Å². The standard InChI is InChI=1S/C6H4FNO2.C3H6S/c7-5-1-3-6(4-2-5)8(9)10;1-2-3-4/h1-4H;2,4H,1,3H2. The molecular formula is C9H10FNO2S. The molecule has 0 heterocycles. The minimum Gasteiger partial charge on any atom is -0.258 e. The maximum absolute atomic E-state index is 12.1. The van der Waals surface area contributed by atoms with Crippen molar-refractivity contribution in [3.05, 3.63) is 52.9 Å². The van der Waals surface area contributed by atoms with Gasteiger partial charge in [0.15, 0.2) is 0 Å². The van der Waals surface area contributed by atoms with E-state index in [2.05, 4.69) is 19.2 Å². The van der Waals surface area contributed by atoms with Crippen LogP contribution in [0.1, 0.15) is 0 Å². The third-order valence-corrected chi connectivity index (χ3v) is 1.42. The maximum atomic E-state index is 12.1. The number of nitrogens with zero attached hydrogens (tertiary/aromatic N) is 1. The van der Waals surface area contributed by atoms with Crippen LogP contribution in [0.2, 0.25) is 0 Å². The molecule has 0 radical (unpaired) electrons. The molecule has 0 atom stereocenters. The van der Waals surface area contributed by atoms with Crippen molar-refractivity contribution < 1.29 is 9.31 Å². The van der Waals surface area contributed by atoms with Crippen molar-refractivity contribution in [1.82, 2.24) is 0 Å². The van der Waals surface area contributed by atoms with Gasteiger partial charge in [-0.1, -0.05) is 6.08 Å². The summed E-state index contributed by atoms with van der Waals surface area (Å²) in [7, 11) is 0. The van der Waals surface area contributed by atoms with Crippen LogP contribution in [-0.4, -0.2) is 10.7 Å². The summed E-state index contributed by atoms with van der Waals surface area (Å²) in [6.45, 7) is 3.40. The van der Waals surface area contributed by atoms with E-state index in [1.54, 1.807) is 6.08 Å². The van der Waals surface area contributed by atoms with E-state index in [0.29, 0.717) is 0 Å². The fourth-order valence-corrected chi connectivity index (χ4v) is 0.563. The second-order valence-corrected chi connectivity index (χ2v) is 2.57. The zero-order valence-electron chi connectivity index (χ0n) is 7.39. The van der Waals surface area contributed by atoms with Crippen LogP contribution in [0.5, 0.6) is 0 Å². The zero-order chi connectivity index (χ0) is 11.0. The van der Waals surface area contributed by atoms with Gasteiger partial charge in [-0.05, 0) is 12.1 Å². The third-order valence-electron chi connectivity index (χ3n) is 1.17. The molecule has 0 saturated heterocycles. The zero-order valence-corrected chi connectivity index (χ0v) is 8.28. The van der Waals surface area contributed by atoms with Gasteiger partial charge >= 0.3 is 0 Å². The van der Waals surface area contributed by atoms with Crippen LogP contribution >= 0.6 is 12.6 Å². The lowest BCUT2D eigenvalue weighted by atomic mass is 10.3. The Labute approximate surface area is 86.8 Å². The van der Waals surface area contributed by atoms with Gasteiger partial charge in [0.25, 0.3) is 5.69 Å². The van der Waals surface area contributed by atoms with Crippen molar-refractivity contribution >= 4 is 18.3 Å². The van der Waals surface area contributed by atoms with Crippen LogP contribution < -0.4 is 0 Å². The van der Waals surface area contributed by atoms with Crippen LogP contribution in [0.25, 0.3) is 0 Å². The lowest BCUT2D eigenvalue weighted by Crippen LogP contribution is -1.86. The molecule has 76 valence electrons. The van der Waals surface area contributed by atoms with E-state index >= 15 is 0 Å². The molecule has 0 aliphatic heterocycles. The Balaban J connectivity index is 0.000000364. The first-order valence-corrected chi connectivity index (χ1v) is 4.36. The van der Waals surface area contributed by atoms with E-state index < -0.39 is 10.7 Å². The van der Waals surface area contributed by atoms with E-state index in [1.807, 2.05) is 0 Å². The largest absolute Gasteiger partial charge is 0.269 e. The molecule has 1 rings (SSSR count). The molecule has 0 amide bonds. The summed E-state index contributed by atoms with van der Waals surface area (Å²) >= 11 is 3.80. The summed E-state index contributed by atoms with van der Waals surface area (Å²) in [5.41, 5.74) is -0.0959. The SMILES string of the molecule is C=CCS.O=[N+]([O-])c1ccc(F)cc1. The number of benzene rings is 1. The van der Waals surface area contributed by atoms with Crippen molar-refractivity contribution in [1.29, 1.82) is 0 Å². The molecule has 1 aromatic rings. The number of halogens is 1. The molecule has 0 N–H and O–H groups in total. The van der Waals surface area contributed by atoms with Gasteiger partial charge in [0.1, 0.15) is 5.82 Å². The Kier molecular flexibility index (Phi) is 6.39. The molecule has 0 aromatic heterocycles. The van der Waals surface area contributed by atoms with Crippen molar-refractivity contribution in [2.45, 2.75) is 0 Å². The van der Waals surface area contributed by atoms with Crippen LogP contribution in [0.4, 0.5) is 10.1 Å². The summed E-state index contributed by atoms with van der Waals surface area (Å²) in [4.78, 5) is 9.43. The van der Waals surface area contributed by atoms with Gasteiger partial charge in [-0.2, -0.15) is 12.6 Å². The van der Waals surface area contributed by atoms with Crippen molar-refractivity contribution in [2.75, 3.05) is 5.75 Å². The van der Waals surface area contributed by atoms with Gasteiger partial charge in [-0.25, -0.2) is 4.39 Å². The predicted octanol–water partition coefficient (Wildman–Crippen LogP) is 2.84. The molecule has 1 aromatic carbocycles. The molecule has 0 saturated carbocycles. The van der Waals surface area contributed by atoms with Crippen molar-refractivity contribution in [3.8, 4) is 0 Å². The van der Waals surface area contributed by atoms with Gasteiger partial charge in [-0.15, -0.1) is 6.58 Å². The number of thiol groups is 1. The lowest BCUT2D eigenvalue weighted by Gasteiger charge is -1.87. The second-order valence-electron chi connectivity index (χ2n) is 2.20. The third kappa shape index (κ3) is 5.31. The quantitative estimate of drug-likeness (QED) is 0.357. The molecule has 0 bridgehead atoms. The van der Waals surface area contributed by atoms with Gasteiger partial charge in [0.05, 0.1) is 4.92 Å². The molecule has 0 fully saturated rings. The first kappa shape index (κ1) is 12.6. The molecule has 0 aliphatic rings. The normalized spacial score (nSPS) is 8.43. The van der Waals surface area contributed by atoms with Gasteiger partial charge < -0.3 is 0 Å². The highest BCUT2D eigenvalue weighted by atomic mass is 32.1. The second kappa shape index (κ2) is 7.08. The predicted molar refractivity (Wildman–Crippen MR) is 57.1 cm³/mol.